The summed E-state index contributed by atoms with van der Waals surface area (Å²) < 4.78 is 20.7. The summed E-state index contributed by atoms with van der Waals surface area (Å²) in [6.45, 7) is 8.05. The zero-order valence-electron chi connectivity index (χ0n) is 18.5. The van der Waals surface area contributed by atoms with E-state index in [-0.39, 0.29) is 36.5 Å². The summed E-state index contributed by atoms with van der Waals surface area (Å²) in [5.41, 5.74) is -0.770. The van der Waals surface area contributed by atoms with Crippen molar-refractivity contribution < 1.29 is 42.4 Å². The fourth-order valence-electron chi connectivity index (χ4n) is 2.37. The van der Waals surface area contributed by atoms with Crippen LogP contribution in [0.1, 0.15) is 41.0 Å². The average molecular weight is 485 g/mol. The van der Waals surface area contributed by atoms with Gasteiger partial charge in [-0.15, -0.1) is 0 Å². The Hall–Kier alpha value is -1.30. The molecule has 180 valence electrons. The first-order valence-corrected chi connectivity index (χ1v) is 12.5. The molecule has 0 aromatic heterocycles. The first kappa shape index (κ1) is 27.7. The first-order chi connectivity index (χ1) is 14.4. The van der Waals surface area contributed by atoms with E-state index in [2.05, 4.69) is 10.6 Å². The molecule has 1 aliphatic heterocycles. The van der Waals surface area contributed by atoms with Crippen LogP contribution in [0, 0.1) is 11.3 Å². The first-order valence-electron chi connectivity index (χ1n) is 9.89. The van der Waals surface area contributed by atoms with Crippen LogP contribution in [0.15, 0.2) is 0 Å². The third kappa shape index (κ3) is 10.2. The number of hydrogen-bond acceptors (Lipinski definition) is 10. The van der Waals surface area contributed by atoms with Crippen LogP contribution < -0.4 is 10.6 Å². The molecule has 3 N–H and O–H groups in total. The predicted octanol–water partition coefficient (Wildman–Crippen LogP) is 0.906. The van der Waals surface area contributed by atoms with Crippen LogP contribution in [0.3, 0.4) is 0 Å². The van der Waals surface area contributed by atoms with E-state index < -0.39 is 38.4 Å². The van der Waals surface area contributed by atoms with Crippen LogP contribution in [-0.4, -0.2) is 66.1 Å². The van der Waals surface area contributed by atoms with Crippen molar-refractivity contribution in [3.05, 3.63) is 0 Å². The Morgan fingerprint density at radius 2 is 1.90 bits per heavy atom. The van der Waals surface area contributed by atoms with Crippen LogP contribution in [-0.2, 0) is 37.5 Å². The second kappa shape index (κ2) is 12.7. The van der Waals surface area contributed by atoms with Gasteiger partial charge in [0.25, 0.3) is 0 Å². The molecule has 11 nitrogen and oxygen atoms in total. The fraction of sp³-hybridized carbons (Fsp3) is 0.778. The van der Waals surface area contributed by atoms with E-state index in [1.807, 2.05) is 0 Å². The predicted molar refractivity (Wildman–Crippen MR) is 116 cm³/mol. The summed E-state index contributed by atoms with van der Waals surface area (Å²) in [7, 11) is -4.19. The maximum atomic E-state index is 12.6. The van der Waals surface area contributed by atoms with Crippen LogP contribution in [0.4, 0.5) is 0 Å². The molecule has 0 radical (unpaired) electrons. The molecule has 31 heavy (non-hydrogen) atoms. The topological polar surface area (TPSA) is 149 Å². The molecule has 0 spiro atoms. The molecule has 0 bridgehead atoms. The third-order valence-corrected chi connectivity index (χ3v) is 6.48. The molecule has 0 aliphatic carbocycles. The van der Waals surface area contributed by atoms with Crippen molar-refractivity contribution in [2.75, 3.05) is 32.2 Å². The molecular formula is C18H33N2O9PS. The number of rotatable bonds is 11. The van der Waals surface area contributed by atoms with Crippen molar-refractivity contribution in [3.8, 4) is 0 Å². The number of thioether (sulfide) groups is 1. The number of nitrogens with one attached hydrogen (secondary N) is 2. The van der Waals surface area contributed by atoms with Crippen molar-refractivity contribution in [2.24, 2.45) is 11.3 Å². The number of esters is 1. The molecule has 0 aromatic carbocycles. The average Bonchev–Trinajstić information content (AvgIpc) is 2.67. The van der Waals surface area contributed by atoms with E-state index in [9.17, 15) is 24.1 Å². The van der Waals surface area contributed by atoms with Crippen molar-refractivity contribution >= 4 is 42.8 Å². The fourth-order valence-corrected chi connectivity index (χ4v) is 4.57. The summed E-state index contributed by atoms with van der Waals surface area (Å²) >= 11 is 1.12. The number of carbonyl (C=O) groups is 4. The quantitative estimate of drug-likeness (QED) is 0.167. The normalized spacial score (nSPS) is 20.5. The zero-order chi connectivity index (χ0) is 23.7. The summed E-state index contributed by atoms with van der Waals surface area (Å²) in [5.74, 6) is -1.19. The van der Waals surface area contributed by atoms with Crippen LogP contribution in [0.2, 0.25) is 0 Å². The van der Waals surface area contributed by atoms with E-state index >= 15 is 0 Å². The number of amides is 2. The van der Waals surface area contributed by atoms with Gasteiger partial charge in [-0.05, 0) is 0 Å². The Kier molecular flexibility index (Phi) is 11.3. The summed E-state index contributed by atoms with van der Waals surface area (Å²) in [6.07, 6.45) is -1.04. The molecule has 0 unspecified atom stereocenters. The van der Waals surface area contributed by atoms with Gasteiger partial charge in [0.05, 0.1) is 0 Å². The summed E-state index contributed by atoms with van der Waals surface area (Å²) in [6, 6.07) is 0. The minimum atomic E-state index is -4.19. The molecule has 1 heterocycles. The van der Waals surface area contributed by atoms with E-state index in [1.54, 1.807) is 27.7 Å². The van der Waals surface area contributed by atoms with E-state index in [1.165, 1.54) is 6.92 Å². The Morgan fingerprint density at radius 3 is 2.52 bits per heavy atom. The number of ether oxygens (including phenoxy) is 1. The number of hydrogen-bond donors (Lipinski definition) is 3. The van der Waals surface area contributed by atoms with Gasteiger partial charge in [-0.1, -0.05) is 0 Å². The van der Waals surface area contributed by atoms with Crippen molar-refractivity contribution in [2.45, 2.75) is 47.1 Å². The molecule has 0 saturated carbocycles. The molecule has 13 heteroatoms. The van der Waals surface area contributed by atoms with Crippen molar-refractivity contribution in [3.63, 3.8) is 0 Å². The van der Waals surface area contributed by atoms with Gasteiger partial charge in [-0.2, -0.15) is 0 Å². The van der Waals surface area contributed by atoms with Crippen LogP contribution in [0.25, 0.3) is 0 Å². The van der Waals surface area contributed by atoms with E-state index in [4.69, 9.17) is 18.3 Å². The van der Waals surface area contributed by atoms with E-state index in [0.29, 0.717) is 12.3 Å². The monoisotopic (exact) mass is 484 g/mol. The van der Waals surface area contributed by atoms with Gasteiger partial charge in [0, 0.05) is 6.92 Å². The van der Waals surface area contributed by atoms with Gasteiger partial charge in [-0.25, -0.2) is 0 Å². The van der Waals surface area contributed by atoms with Gasteiger partial charge in [0.1, 0.15) is 0 Å². The molecule has 1 fully saturated rings. The van der Waals surface area contributed by atoms with Gasteiger partial charge in [0.2, 0.25) is 0 Å². The van der Waals surface area contributed by atoms with Gasteiger partial charge in [-0.3, -0.25) is 4.79 Å². The van der Waals surface area contributed by atoms with Gasteiger partial charge in [0.15, 0.2) is 0 Å². The Bertz CT molecular complexity index is 662. The Balaban J connectivity index is 2.48. The van der Waals surface area contributed by atoms with Gasteiger partial charge < -0.3 is 0 Å². The summed E-state index contributed by atoms with van der Waals surface area (Å²) in [5, 5.41) is 5.23. The Labute approximate surface area is 186 Å². The molecule has 1 rings (SSSR count). The van der Waals surface area contributed by atoms with Crippen molar-refractivity contribution in [1.82, 2.24) is 10.6 Å². The number of carbonyl (C=O) groups excluding carboxylic acids is 4. The molecule has 0 aromatic rings. The summed E-state index contributed by atoms with van der Waals surface area (Å²) in [4.78, 5) is 57.2. The molecular weight excluding hydrogens is 451 g/mol. The second-order valence-corrected chi connectivity index (χ2v) is 11.0. The van der Waals surface area contributed by atoms with Gasteiger partial charge >= 0.3 is 175 Å². The third-order valence-electron chi connectivity index (χ3n) is 4.14. The molecule has 2 amide bonds. The molecule has 1 atom stereocenters. The second-order valence-electron chi connectivity index (χ2n) is 7.91. The minimum absolute atomic E-state index is 0.0137. The van der Waals surface area contributed by atoms with Crippen LogP contribution in [0.5, 0.6) is 0 Å². The van der Waals surface area contributed by atoms with Crippen LogP contribution >= 0.6 is 19.9 Å². The van der Waals surface area contributed by atoms with E-state index in [0.717, 1.165) is 11.8 Å². The zero-order valence-corrected chi connectivity index (χ0v) is 20.3. The Morgan fingerprint density at radius 1 is 1.23 bits per heavy atom. The standard InChI is InChI=1S/C18H33N2O9PS/c1-12(2)17(24)26-11-28-30(25)27-10-18(4,5)15(29-30)16(23)20-7-6-14(22)19-8-9-31-13(3)21/h12,15,25,30H,6-11H2,1-5H3,(H,19,22)(H,20,23)/t15-/m0/s1. The van der Waals surface area contributed by atoms with Crippen molar-refractivity contribution in [1.29, 1.82) is 0 Å². The maximum absolute atomic E-state index is 12.6. The SMILES string of the molecule is CC(=O)SCCNC(=O)CCNC(=O)[C@@H]1O[PH](O)(OCOC(=O)C(C)C)OCC1(C)C. The molecule has 1 aliphatic rings. The molecule has 1 saturated heterocycles.